The van der Waals surface area contributed by atoms with Crippen LogP contribution >= 0.6 is 24.0 Å². The highest BCUT2D eigenvalue weighted by molar-refractivity contribution is 14.0. The minimum atomic E-state index is -0.239. The fourth-order valence-corrected chi connectivity index (χ4v) is 2.93. The SMILES string of the molecule is CCC(=O)N1CCC(NC(=NC)NCc2ccc(N(C)C)c(F)c2)C1.I. The number of rotatable bonds is 5. The van der Waals surface area contributed by atoms with Crippen LogP contribution in [0.5, 0.6) is 0 Å². The maximum absolute atomic E-state index is 14.0. The van der Waals surface area contributed by atoms with Gasteiger partial charge in [-0.25, -0.2) is 4.39 Å². The molecule has 1 aliphatic heterocycles. The summed E-state index contributed by atoms with van der Waals surface area (Å²) in [6.45, 7) is 3.83. The number of amides is 1. The molecule has 1 fully saturated rings. The molecule has 1 unspecified atom stereocenters. The van der Waals surface area contributed by atoms with Crippen LogP contribution in [0, 0.1) is 5.82 Å². The van der Waals surface area contributed by atoms with Gasteiger partial charge in [0.05, 0.1) is 5.69 Å². The third kappa shape index (κ3) is 6.00. The van der Waals surface area contributed by atoms with Crippen molar-refractivity contribution >= 4 is 41.5 Å². The lowest BCUT2D eigenvalue weighted by molar-refractivity contribution is -0.129. The lowest BCUT2D eigenvalue weighted by atomic mass is 10.2. The quantitative estimate of drug-likeness (QED) is 0.388. The molecule has 0 saturated carbocycles. The molecule has 1 amide bonds. The number of nitrogens with one attached hydrogen (secondary N) is 2. The molecule has 146 valence electrons. The van der Waals surface area contributed by atoms with Crippen molar-refractivity contribution in [1.82, 2.24) is 15.5 Å². The Labute approximate surface area is 172 Å². The van der Waals surface area contributed by atoms with Gasteiger partial charge in [0.1, 0.15) is 5.82 Å². The second-order valence-electron chi connectivity index (χ2n) is 6.43. The first-order chi connectivity index (χ1) is 11.9. The van der Waals surface area contributed by atoms with Gasteiger partial charge in [0.2, 0.25) is 5.91 Å². The zero-order valence-corrected chi connectivity index (χ0v) is 18.2. The molecule has 26 heavy (non-hydrogen) atoms. The average Bonchev–Trinajstić information content (AvgIpc) is 3.06. The zero-order chi connectivity index (χ0) is 18.4. The number of hydrogen-bond donors (Lipinski definition) is 2. The Balaban J connectivity index is 0.00000338. The van der Waals surface area contributed by atoms with E-state index in [2.05, 4.69) is 15.6 Å². The Morgan fingerprint density at radius 3 is 2.73 bits per heavy atom. The van der Waals surface area contributed by atoms with Crippen molar-refractivity contribution in [3.05, 3.63) is 29.6 Å². The van der Waals surface area contributed by atoms with Crippen molar-refractivity contribution in [1.29, 1.82) is 0 Å². The van der Waals surface area contributed by atoms with Crippen LogP contribution in [0.15, 0.2) is 23.2 Å². The van der Waals surface area contributed by atoms with Crippen molar-refractivity contribution in [3.63, 3.8) is 0 Å². The van der Waals surface area contributed by atoms with Crippen molar-refractivity contribution in [3.8, 4) is 0 Å². The van der Waals surface area contributed by atoms with Gasteiger partial charge in [-0.15, -0.1) is 24.0 Å². The lowest BCUT2D eigenvalue weighted by Crippen LogP contribution is -2.44. The van der Waals surface area contributed by atoms with E-state index in [9.17, 15) is 9.18 Å². The minimum Gasteiger partial charge on any atom is -0.375 e. The summed E-state index contributed by atoms with van der Waals surface area (Å²) in [7, 11) is 5.33. The number of halogens is 2. The van der Waals surface area contributed by atoms with Gasteiger partial charge < -0.3 is 20.4 Å². The first-order valence-corrected chi connectivity index (χ1v) is 8.65. The molecule has 0 spiro atoms. The Morgan fingerprint density at radius 1 is 1.42 bits per heavy atom. The molecular weight excluding hydrogens is 448 g/mol. The topological polar surface area (TPSA) is 60.0 Å². The molecule has 0 aliphatic carbocycles. The largest absolute Gasteiger partial charge is 0.375 e. The van der Waals surface area contributed by atoms with Gasteiger partial charge in [-0.1, -0.05) is 13.0 Å². The Hall–Kier alpha value is -1.58. The predicted octanol–water partition coefficient (Wildman–Crippen LogP) is 2.19. The standard InChI is InChI=1S/C18H28FN5O.HI/c1-5-17(25)24-9-8-14(12-24)22-18(20-2)21-11-13-6-7-16(23(3)4)15(19)10-13;/h6-7,10,14H,5,8-9,11-12H2,1-4H3,(H2,20,21,22);1H. The fourth-order valence-electron chi connectivity index (χ4n) is 2.93. The van der Waals surface area contributed by atoms with Gasteiger partial charge in [0.25, 0.3) is 0 Å². The van der Waals surface area contributed by atoms with Gasteiger partial charge in [0.15, 0.2) is 5.96 Å². The van der Waals surface area contributed by atoms with Crippen LogP contribution in [-0.2, 0) is 11.3 Å². The number of guanidine groups is 1. The van der Waals surface area contributed by atoms with Crippen LogP contribution in [0.25, 0.3) is 0 Å². The van der Waals surface area contributed by atoms with Gasteiger partial charge in [-0.05, 0) is 24.1 Å². The number of hydrogen-bond acceptors (Lipinski definition) is 3. The molecule has 1 aliphatic rings. The Morgan fingerprint density at radius 2 is 2.15 bits per heavy atom. The van der Waals surface area contributed by atoms with Crippen molar-refractivity contribution in [2.45, 2.75) is 32.4 Å². The van der Waals surface area contributed by atoms with Crippen molar-refractivity contribution < 1.29 is 9.18 Å². The molecule has 2 rings (SSSR count). The summed E-state index contributed by atoms with van der Waals surface area (Å²) in [4.78, 5) is 19.6. The molecule has 6 nitrogen and oxygen atoms in total. The van der Waals surface area contributed by atoms with E-state index in [1.807, 2.05) is 32.0 Å². The zero-order valence-electron chi connectivity index (χ0n) is 15.9. The van der Waals surface area contributed by atoms with Crippen LogP contribution < -0.4 is 15.5 Å². The van der Waals surface area contributed by atoms with Crippen molar-refractivity contribution in [2.24, 2.45) is 4.99 Å². The monoisotopic (exact) mass is 477 g/mol. The van der Waals surface area contributed by atoms with Gasteiger partial charge in [-0.2, -0.15) is 0 Å². The molecule has 2 N–H and O–H groups in total. The van der Waals surface area contributed by atoms with E-state index in [1.165, 1.54) is 6.07 Å². The highest BCUT2D eigenvalue weighted by Gasteiger charge is 2.25. The molecular formula is C18H29FIN5O. The summed E-state index contributed by atoms with van der Waals surface area (Å²) in [6.07, 6.45) is 1.44. The minimum absolute atomic E-state index is 0. The summed E-state index contributed by atoms with van der Waals surface area (Å²) in [5.41, 5.74) is 1.41. The molecule has 0 radical (unpaired) electrons. The summed E-state index contributed by atoms with van der Waals surface area (Å²) >= 11 is 0. The van der Waals surface area contributed by atoms with E-state index >= 15 is 0 Å². The van der Waals surface area contributed by atoms with E-state index in [0.717, 1.165) is 18.5 Å². The van der Waals surface area contributed by atoms with Gasteiger partial charge in [0, 0.05) is 53.2 Å². The Bertz CT molecular complexity index is 638. The third-order valence-corrected chi connectivity index (χ3v) is 4.36. The molecule has 1 heterocycles. The third-order valence-electron chi connectivity index (χ3n) is 4.36. The maximum Gasteiger partial charge on any atom is 0.222 e. The number of benzene rings is 1. The molecule has 8 heteroatoms. The van der Waals surface area contributed by atoms with E-state index in [-0.39, 0.29) is 41.7 Å². The van der Waals surface area contributed by atoms with Crippen LogP contribution in [0.2, 0.25) is 0 Å². The molecule has 1 aromatic carbocycles. The normalized spacial score (nSPS) is 16.9. The van der Waals surface area contributed by atoms with E-state index in [4.69, 9.17) is 0 Å². The second-order valence-corrected chi connectivity index (χ2v) is 6.43. The highest BCUT2D eigenvalue weighted by atomic mass is 127. The first kappa shape index (κ1) is 22.5. The van der Waals surface area contributed by atoms with Crippen LogP contribution in [0.3, 0.4) is 0 Å². The molecule has 0 aromatic heterocycles. The van der Waals surface area contributed by atoms with Crippen LogP contribution in [-0.4, -0.2) is 57.0 Å². The van der Waals surface area contributed by atoms with Gasteiger partial charge >= 0.3 is 0 Å². The highest BCUT2D eigenvalue weighted by Crippen LogP contribution is 2.18. The summed E-state index contributed by atoms with van der Waals surface area (Å²) in [6, 6.07) is 5.39. The molecule has 1 saturated heterocycles. The lowest BCUT2D eigenvalue weighted by Gasteiger charge is -2.19. The number of carbonyl (C=O) groups excluding carboxylic acids is 1. The molecule has 1 atom stereocenters. The van der Waals surface area contributed by atoms with E-state index in [0.29, 0.717) is 31.2 Å². The van der Waals surface area contributed by atoms with E-state index < -0.39 is 0 Å². The smallest absolute Gasteiger partial charge is 0.222 e. The number of anilines is 1. The average molecular weight is 477 g/mol. The fraction of sp³-hybridized carbons (Fsp3) is 0.556. The predicted molar refractivity (Wildman–Crippen MR) is 115 cm³/mol. The molecule has 0 bridgehead atoms. The van der Waals surface area contributed by atoms with Crippen LogP contribution in [0.1, 0.15) is 25.3 Å². The second kappa shape index (κ2) is 10.5. The number of nitrogens with zero attached hydrogens (tertiary/aromatic N) is 3. The number of carbonyl (C=O) groups is 1. The number of aliphatic imine (C=N–C) groups is 1. The molecule has 1 aromatic rings. The van der Waals surface area contributed by atoms with Gasteiger partial charge in [-0.3, -0.25) is 9.79 Å². The Kier molecular flexibility index (Phi) is 9.11. The maximum atomic E-state index is 14.0. The van der Waals surface area contributed by atoms with Crippen LogP contribution in [0.4, 0.5) is 10.1 Å². The summed E-state index contributed by atoms with van der Waals surface area (Å²) in [5.74, 6) is 0.605. The summed E-state index contributed by atoms with van der Waals surface area (Å²) < 4.78 is 14.0. The first-order valence-electron chi connectivity index (χ1n) is 8.65. The van der Waals surface area contributed by atoms with Crippen molar-refractivity contribution in [2.75, 3.05) is 39.1 Å². The van der Waals surface area contributed by atoms with E-state index in [1.54, 1.807) is 18.0 Å². The summed E-state index contributed by atoms with van der Waals surface area (Å²) in [5, 5.41) is 6.53. The number of likely N-dealkylation sites (tertiary alicyclic amines) is 1.